The number of nitrogens with one attached hydrogen (secondary N) is 1. The highest BCUT2D eigenvalue weighted by Crippen LogP contribution is 2.22. The van der Waals surface area contributed by atoms with Crippen LogP contribution in [-0.2, 0) is 0 Å². The Hall–Kier alpha value is -1.87. The van der Waals surface area contributed by atoms with Gasteiger partial charge in [-0.25, -0.2) is 0 Å². The third-order valence-electron chi connectivity index (χ3n) is 3.07. The highest BCUT2D eigenvalue weighted by Gasteiger charge is 2.10. The first-order valence-corrected chi connectivity index (χ1v) is 6.14. The van der Waals surface area contributed by atoms with Crippen molar-refractivity contribution < 1.29 is 0 Å². The van der Waals surface area contributed by atoms with Crippen LogP contribution in [0.4, 0.5) is 5.69 Å². The van der Waals surface area contributed by atoms with Crippen LogP contribution in [0.3, 0.4) is 0 Å². The molecule has 94 valence electrons. The molecule has 1 aromatic carbocycles. The minimum Gasteiger partial charge on any atom is -0.377 e. The molecule has 0 spiro atoms. The maximum atomic E-state index is 5.86. The molecule has 0 bridgehead atoms. The van der Waals surface area contributed by atoms with Crippen molar-refractivity contribution in [2.24, 2.45) is 5.73 Å². The van der Waals surface area contributed by atoms with Crippen molar-refractivity contribution in [3.8, 4) is 0 Å². The number of benzene rings is 1. The van der Waals surface area contributed by atoms with Gasteiger partial charge in [0.25, 0.3) is 0 Å². The first-order valence-electron chi connectivity index (χ1n) is 6.14. The Morgan fingerprint density at radius 1 is 1.17 bits per heavy atom. The molecule has 3 N–H and O–H groups in total. The topological polar surface area (TPSA) is 50.9 Å². The summed E-state index contributed by atoms with van der Waals surface area (Å²) in [5.41, 5.74) is 10.6. The number of aromatic nitrogens is 1. The van der Waals surface area contributed by atoms with E-state index in [4.69, 9.17) is 5.73 Å². The van der Waals surface area contributed by atoms with E-state index in [1.54, 1.807) is 12.4 Å². The van der Waals surface area contributed by atoms with Crippen molar-refractivity contribution >= 4 is 5.69 Å². The van der Waals surface area contributed by atoms with Gasteiger partial charge >= 0.3 is 0 Å². The Kier molecular flexibility index (Phi) is 3.95. The van der Waals surface area contributed by atoms with Crippen molar-refractivity contribution in [2.45, 2.75) is 19.9 Å². The maximum absolute atomic E-state index is 5.86. The van der Waals surface area contributed by atoms with Crippen LogP contribution in [-0.4, -0.2) is 11.5 Å². The zero-order valence-corrected chi connectivity index (χ0v) is 10.9. The first kappa shape index (κ1) is 12.6. The average molecular weight is 241 g/mol. The van der Waals surface area contributed by atoms with Crippen molar-refractivity contribution in [1.82, 2.24) is 4.98 Å². The molecule has 2 rings (SSSR count). The second-order valence-corrected chi connectivity index (χ2v) is 4.53. The molecule has 1 aromatic heterocycles. The summed E-state index contributed by atoms with van der Waals surface area (Å²) in [7, 11) is 0. The van der Waals surface area contributed by atoms with Crippen molar-refractivity contribution in [3.63, 3.8) is 0 Å². The smallest absolute Gasteiger partial charge is 0.0637 e. The number of hydrogen-bond donors (Lipinski definition) is 2. The molecule has 1 heterocycles. The largest absolute Gasteiger partial charge is 0.377 e. The van der Waals surface area contributed by atoms with Gasteiger partial charge in [-0.2, -0.15) is 0 Å². The van der Waals surface area contributed by atoms with E-state index in [1.165, 1.54) is 11.1 Å². The van der Waals surface area contributed by atoms with E-state index in [9.17, 15) is 0 Å². The minimum atomic E-state index is 0.119. The van der Waals surface area contributed by atoms with Crippen LogP contribution in [0.2, 0.25) is 0 Å². The lowest BCUT2D eigenvalue weighted by Crippen LogP contribution is -2.21. The fourth-order valence-corrected chi connectivity index (χ4v) is 1.95. The number of nitrogens with two attached hydrogens (primary N) is 1. The molecule has 0 saturated heterocycles. The van der Waals surface area contributed by atoms with E-state index in [1.807, 2.05) is 12.1 Å². The van der Waals surface area contributed by atoms with Gasteiger partial charge in [-0.1, -0.05) is 12.1 Å². The van der Waals surface area contributed by atoms with Gasteiger partial charge < -0.3 is 11.1 Å². The molecular weight excluding hydrogens is 222 g/mol. The minimum absolute atomic E-state index is 0.119. The molecule has 3 nitrogen and oxygen atoms in total. The van der Waals surface area contributed by atoms with Crippen molar-refractivity contribution in [3.05, 3.63) is 59.4 Å². The van der Waals surface area contributed by atoms with Crippen molar-refractivity contribution in [2.75, 3.05) is 11.9 Å². The summed E-state index contributed by atoms with van der Waals surface area (Å²) in [4.78, 5) is 4.03. The zero-order chi connectivity index (χ0) is 13.0. The Bertz CT molecular complexity index is 508. The Morgan fingerprint density at radius 3 is 2.56 bits per heavy atom. The highest BCUT2D eigenvalue weighted by molar-refractivity contribution is 5.54. The average Bonchev–Trinajstić information content (AvgIpc) is 2.41. The summed E-state index contributed by atoms with van der Waals surface area (Å²) in [5.74, 6) is 0. The number of hydrogen-bond acceptors (Lipinski definition) is 3. The van der Waals surface area contributed by atoms with Crippen LogP contribution >= 0.6 is 0 Å². The van der Waals surface area contributed by atoms with E-state index in [0.717, 1.165) is 11.3 Å². The number of pyridine rings is 1. The van der Waals surface area contributed by atoms with Crippen LogP contribution in [0.15, 0.2) is 42.7 Å². The lowest BCUT2D eigenvalue weighted by Gasteiger charge is -2.20. The van der Waals surface area contributed by atoms with Gasteiger partial charge in [-0.3, -0.25) is 4.98 Å². The molecule has 0 aliphatic carbocycles. The normalized spacial score (nSPS) is 12.2. The van der Waals surface area contributed by atoms with Gasteiger partial charge in [-0.05, 0) is 48.7 Å². The van der Waals surface area contributed by atoms with E-state index >= 15 is 0 Å². The summed E-state index contributed by atoms with van der Waals surface area (Å²) < 4.78 is 0. The van der Waals surface area contributed by atoms with Gasteiger partial charge in [0.05, 0.1) is 6.04 Å². The van der Waals surface area contributed by atoms with Gasteiger partial charge in [0.1, 0.15) is 0 Å². The van der Waals surface area contributed by atoms with Crippen LogP contribution in [0.1, 0.15) is 22.7 Å². The van der Waals surface area contributed by atoms with Gasteiger partial charge in [-0.15, -0.1) is 0 Å². The molecule has 0 fully saturated rings. The van der Waals surface area contributed by atoms with Crippen LogP contribution in [0.5, 0.6) is 0 Å². The fourth-order valence-electron chi connectivity index (χ4n) is 1.95. The number of aryl methyl sites for hydroxylation is 2. The zero-order valence-electron chi connectivity index (χ0n) is 10.9. The third kappa shape index (κ3) is 2.87. The lowest BCUT2D eigenvalue weighted by molar-refractivity contribution is 0.786. The number of rotatable bonds is 4. The summed E-state index contributed by atoms with van der Waals surface area (Å²) in [5, 5.41) is 3.50. The number of nitrogens with zero attached hydrogens (tertiary/aromatic N) is 1. The molecule has 0 saturated carbocycles. The Labute approximate surface area is 108 Å². The van der Waals surface area contributed by atoms with Gasteiger partial charge in [0.2, 0.25) is 0 Å². The van der Waals surface area contributed by atoms with E-state index in [2.05, 4.69) is 42.3 Å². The quantitative estimate of drug-likeness (QED) is 0.865. The molecule has 0 aliphatic heterocycles. The molecule has 3 heteroatoms. The summed E-state index contributed by atoms with van der Waals surface area (Å²) >= 11 is 0. The van der Waals surface area contributed by atoms with E-state index in [-0.39, 0.29) is 6.04 Å². The van der Waals surface area contributed by atoms with Gasteiger partial charge in [0.15, 0.2) is 0 Å². The SMILES string of the molecule is Cc1ccc(C)c(NC(CN)c2ccncc2)c1. The highest BCUT2D eigenvalue weighted by atomic mass is 14.9. The number of anilines is 1. The molecule has 18 heavy (non-hydrogen) atoms. The van der Waals surface area contributed by atoms with E-state index < -0.39 is 0 Å². The Balaban J connectivity index is 2.23. The molecule has 0 aliphatic rings. The Morgan fingerprint density at radius 2 is 1.89 bits per heavy atom. The van der Waals surface area contributed by atoms with Crippen molar-refractivity contribution in [1.29, 1.82) is 0 Å². The lowest BCUT2D eigenvalue weighted by atomic mass is 10.1. The fraction of sp³-hybridized carbons (Fsp3) is 0.267. The predicted octanol–water partition coefficient (Wildman–Crippen LogP) is 2.81. The summed E-state index contributed by atoms with van der Waals surface area (Å²) in [6.07, 6.45) is 3.59. The monoisotopic (exact) mass is 241 g/mol. The second kappa shape index (κ2) is 5.65. The van der Waals surface area contributed by atoms with Crippen LogP contribution < -0.4 is 11.1 Å². The van der Waals surface area contributed by atoms with Crippen LogP contribution in [0, 0.1) is 13.8 Å². The maximum Gasteiger partial charge on any atom is 0.0637 e. The molecular formula is C15H19N3. The second-order valence-electron chi connectivity index (χ2n) is 4.53. The van der Waals surface area contributed by atoms with E-state index in [0.29, 0.717) is 6.54 Å². The van der Waals surface area contributed by atoms with Crippen LogP contribution in [0.25, 0.3) is 0 Å². The molecule has 0 radical (unpaired) electrons. The standard InChI is InChI=1S/C15H19N3/c1-11-3-4-12(2)14(9-11)18-15(10-16)13-5-7-17-8-6-13/h3-9,15,18H,10,16H2,1-2H3. The summed E-state index contributed by atoms with van der Waals surface area (Å²) in [6, 6.07) is 10.5. The molecule has 0 amide bonds. The molecule has 2 aromatic rings. The molecule has 1 atom stereocenters. The molecule has 1 unspecified atom stereocenters. The predicted molar refractivity (Wildman–Crippen MR) is 75.6 cm³/mol. The first-order chi connectivity index (χ1) is 8.70. The summed E-state index contributed by atoms with van der Waals surface area (Å²) in [6.45, 7) is 4.74. The third-order valence-corrected chi connectivity index (χ3v) is 3.07. The van der Waals surface area contributed by atoms with Gasteiger partial charge in [0, 0.05) is 24.6 Å².